The molecule has 0 unspecified atom stereocenters. The van der Waals surface area contributed by atoms with E-state index in [0.717, 1.165) is 0 Å². The lowest BCUT2D eigenvalue weighted by molar-refractivity contribution is -0.144. The van der Waals surface area contributed by atoms with Gasteiger partial charge in [-0.05, 0) is 37.3 Å². The average Bonchev–Trinajstić information content (AvgIpc) is 2.70. The van der Waals surface area contributed by atoms with Crippen LogP contribution in [0.15, 0.2) is 42.5 Å². The van der Waals surface area contributed by atoms with Crippen LogP contribution in [0.4, 0.5) is 0 Å². The predicted octanol–water partition coefficient (Wildman–Crippen LogP) is 2.47. The predicted molar refractivity (Wildman–Crippen MR) is 94.7 cm³/mol. The highest BCUT2D eigenvalue weighted by molar-refractivity contribution is 5.98. The molecule has 2 aromatic carbocycles. The standard InChI is InChI=1S/C20H18O7/c1-13(21)14-3-2-4-16(9-14)26-12-20(23)27-11-17(22)15-5-6-18-19(10-15)25-8-7-24-18/h2-6,9-10H,7-8,11-12H2,1H3. The van der Waals surface area contributed by atoms with Crippen LogP contribution in [0.2, 0.25) is 0 Å². The summed E-state index contributed by atoms with van der Waals surface area (Å²) in [4.78, 5) is 35.3. The zero-order chi connectivity index (χ0) is 19.2. The van der Waals surface area contributed by atoms with Gasteiger partial charge in [0.15, 0.2) is 36.3 Å². The van der Waals surface area contributed by atoms with Crippen LogP contribution < -0.4 is 14.2 Å². The van der Waals surface area contributed by atoms with Gasteiger partial charge in [0.1, 0.15) is 19.0 Å². The van der Waals surface area contributed by atoms with E-state index in [-0.39, 0.29) is 18.2 Å². The van der Waals surface area contributed by atoms with Gasteiger partial charge in [-0.2, -0.15) is 0 Å². The van der Waals surface area contributed by atoms with E-state index >= 15 is 0 Å². The summed E-state index contributed by atoms with van der Waals surface area (Å²) >= 11 is 0. The van der Waals surface area contributed by atoms with Crippen molar-refractivity contribution in [3.63, 3.8) is 0 Å². The molecule has 0 fully saturated rings. The number of hydrogen-bond donors (Lipinski definition) is 0. The van der Waals surface area contributed by atoms with Gasteiger partial charge in [-0.15, -0.1) is 0 Å². The first-order chi connectivity index (χ1) is 13.0. The summed E-state index contributed by atoms with van der Waals surface area (Å²) in [7, 11) is 0. The second-order valence-corrected chi connectivity index (χ2v) is 5.81. The fraction of sp³-hybridized carbons (Fsp3) is 0.250. The van der Waals surface area contributed by atoms with Crippen LogP contribution in [-0.4, -0.2) is 44.0 Å². The summed E-state index contributed by atoms with van der Waals surface area (Å²) < 4.78 is 21.1. The molecule has 0 radical (unpaired) electrons. The number of hydrogen-bond acceptors (Lipinski definition) is 7. The number of ketones is 2. The quantitative estimate of drug-likeness (QED) is 0.546. The normalized spacial score (nSPS) is 12.2. The molecule has 0 saturated heterocycles. The Hall–Kier alpha value is -3.35. The maximum Gasteiger partial charge on any atom is 0.344 e. The number of ether oxygens (including phenoxy) is 4. The van der Waals surface area contributed by atoms with E-state index in [2.05, 4.69) is 0 Å². The highest BCUT2D eigenvalue weighted by atomic mass is 16.6. The highest BCUT2D eigenvalue weighted by Crippen LogP contribution is 2.30. The van der Waals surface area contributed by atoms with Crippen molar-refractivity contribution in [2.45, 2.75) is 6.92 Å². The highest BCUT2D eigenvalue weighted by Gasteiger charge is 2.16. The van der Waals surface area contributed by atoms with Gasteiger partial charge in [0, 0.05) is 11.1 Å². The molecule has 140 valence electrons. The average molecular weight is 370 g/mol. The molecule has 0 N–H and O–H groups in total. The van der Waals surface area contributed by atoms with Crippen molar-refractivity contribution in [1.29, 1.82) is 0 Å². The second-order valence-electron chi connectivity index (χ2n) is 5.81. The zero-order valence-electron chi connectivity index (χ0n) is 14.7. The summed E-state index contributed by atoms with van der Waals surface area (Å²) in [5.74, 6) is 0.294. The molecule has 0 atom stereocenters. The van der Waals surface area contributed by atoms with Crippen LogP contribution >= 0.6 is 0 Å². The first-order valence-corrected chi connectivity index (χ1v) is 8.35. The number of rotatable bonds is 7. The third kappa shape index (κ3) is 4.84. The molecule has 1 aliphatic rings. The summed E-state index contributed by atoms with van der Waals surface area (Å²) in [6, 6.07) is 11.3. The lowest BCUT2D eigenvalue weighted by Gasteiger charge is -2.18. The van der Waals surface area contributed by atoms with Gasteiger partial charge in [-0.1, -0.05) is 12.1 Å². The molecular weight excluding hydrogens is 352 g/mol. The third-order valence-electron chi connectivity index (χ3n) is 3.83. The Morgan fingerprint density at radius 2 is 1.70 bits per heavy atom. The number of Topliss-reactive ketones (excluding diaryl/α,β-unsaturated/α-hetero) is 2. The maximum atomic E-state index is 12.2. The molecule has 2 aromatic rings. The van der Waals surface area contributed by atoms with Crippen LogP contribution in [0.1, 0.15) is 27.6 Å². The van der Waals surface area contributed by atoms with Gasteiger partial charge < -0.3 is 18.9 Å². The van der Waals surface area contributed by atoms with E-state index in [1.165, 1.54) is 13.0 Å². The molecule has 0 aliphatic carbocycles. The fourth-order valence-electron chi connectivity index (χ4n) is 2.43. The monoisotopic (exact) mass is 370 g/mol. The van der Waals surface area contributed by atoms with Crippen LogP contribution in [-0.2, 0) is 9.53 Å². The van der Waals surface area contributed by atoms with Crippen molar-refractivity contribution < 1.29 is 33.3 Å². The molecule has 0 saturated carbocycles. The molecule has 7 heteroatoms. The summed E-state index contributed by atoms with van der Waals surface area (Å²) in [6.07, 6.45) is 0. The Morgan fingerprint density at radius 3 is 2.48 bits per heavy atom. The summed E-state index contributed by atoms with van der Waals surface area (Å²) in [5, 5.41) is 0. The first-order valence-electron chi connectivity index (χ1n) is 8.35. The van der Waals surface area contributed by atoms with Crippen LogP contribution in [0.5, 0.6) is 17.2 Å². The largest absolute Gasteiger partial charge is 0.486 e. The minimum absolute atomic E-state index is 0.104. The fourth-order valence-corrected chi connectivity index (χ4v) is 2.43. The van der Waals surface area contributed by atoms with Gasteiger partial charge >= 0.3 is 5.97 Å². The van der Waals surface area contributed by atoms with E-state index in [9.17, 15) is 14.4 Å². The van der Waals surface area contributed by atoms with Crippen LogP contribution in [0, 0.1) is 0 Å². The number of carbonyl (C=O) groups excluding carboxylic acids is 3. The molecule has 0 aromatic heterocycles. The molecule has 1 heterocycles. The molecule has 3 rings (SSSR count). The zero-order valence-corrected chi connectivity index (χ0v) is 14.7. The minimum Gasteiger partial charge on any atom is -0.486 e. The lowest BCUT2D eigenvalue weighted by atomic mass is 10.1. The number of carbonyl (C=O) groups is 3. The summed E-state index contributed by atoms with van der Waals surface area (Å²) in [6.45, 7) is 1.55. The van der Waals surface area contributed by atoms with E-state index in [1.807, 2.05) is 0 Å². The topological polar surface area (TPSA) is 88.1 Å². The third-order valence-corrected chi connectivity index (χ3v) is 3.83. The Bertz CT molecular complexity index is 872. The van der Waals surface area contributed by atoms with Crippen molar-refractivity contribution in [2.75, 3.05) is 26.4 Å². The Kier molecular flexibility index (Phi) is 5.71. The second kappa shape index (κ2) is 8.35. The molecule has 0 spiro atoms. The van der Waals surface area contributed by atoms with Crippen LogP contribution in [0.3, 0.4) is 0 Å². The number of fused-ring (bicyclic) bond motifs is 1. The van der Waals surface area contributed by atoms with Crippen molar-refractivity contribution in [3.8, 4) is 17.2 Å². The molecule has 27 heavy (non-hydrogen) atoms. The van der Waals surface area contributed by atoms with Crippen LogP contribution in [0.25, 0.3) is 0 Å². The first kappa shape index (κ1) is 18.4. The van der Waals surface area contributed by atoms with Crippen molar-refractivity contribution in [1.82, 2.24) is 0 Å². The Balaban J connectivity index is 1.49. The SMILES string of the molecule is CC(=O)c1cccc(OCC(=O)OCC(=O)c2ccc3c(c2)OCCO3)c1. The number of benzene rings is 2. The molecule has 0 bridgehead atoms. The molecule has 7 nitrogen and oxygen atoms in total. The van der Waals surface area contributed by atoms with Gasteiger partial charge in [-0.25, -0.2) is 4.79 Å². The van der Waals surface area contributed by atoms with Gasteiger partial charge in [0.25, 0.3) is 0 Å². The smallest absolute Gasteiger partial charge is 0.344 e. The molecule has 0 amide bonds. The molecular formula is C20H18O7. The lowest BCUT2D eigenvalue weighted by Crippen LogP contribution is -2.20. The van der Waals surface area contributed by atoms with Gasteiger partial charge in [0.05, 0.1) is 0 Å². The summed E-state index contributed by atoms with van der Waals surface area (Å²) in [5.41, 5.74) is 0.844. The van der Waals surface area contributed by atoms with E-state index < -0.39 is 12.6 Å². The van der Waals surface area contributed by atoms with Gasteiger partial charge in [0.2, 0.25) is 0 Å². The minimum atomic E-state index is -0.686. The van der Waals surface area contributed by atoms with E-state index in [0.29, 0.717) is 41.6 Å². The van der Waals surface area contributed by atoms with E-state index in [1.54, 1.807) is 36.4 Å². The van der Waals surface area contributed by atoms with Crippen molar-refractivity contribution >= 4 is 17.5 Å². The number of esters is 1. The van der Waals surface area contributed by atoms with E-state index in [4.69, 9.17) is 18.9 Å². The van der Waals surface area contributed by atoms with Gasteiger partial charge in [-0.3, -0.25) is 9.59 Å². The molecule has 1 aliphatic heterocycles. The van der Waals surface area contributed by atoms with Crippen molar-refractivity contribution in [2.24, 2.45) is 0 Å². The Morgan fingerprint density at radius 1 is 0.926 bits per heavy atom. The Labute approximate surface area is 155 Å². The maximum absolute atomic E-state index is 12.2. The van der Waals surface area contributed by atoms with Crippen molar-refractivity contribution in [3.05, 3.63) is 53.6 Å².